The summed E-state index contributed by atoms with van der Waals surface area (Å²) in [6.07, 6.45) is 0. The highest BCUT2D eigenvalue weighted by atomic mass is 31.1. The monoisotopic (exact) mass is 348 g/mol. The molecule has 24 heavy (non-hydrogen) atoms. The normalized spacial score (nSPS) is 12.3. The number of rotatable bonds is 4. The Morgan fingerprint density at radius 3 is 2.25 bits per heavy atom. The van der Waals surface area contributed by atoms with Gasteiger partial charge in [0.05, 0.1) is 5.39 Å². The smallest absolute Gasteiger partial charge is 0.365 e. The first kappa shape index (κ1) is 16.2. The second-order valence-corrected chi connectivity index (χ2v) is 5.81. The molecule has 0 amide bonds. The number of hydrogen-bond donors (Lipinski definition) is 1. The molecular formula is C16H13O7P. The molecule has 0 aliphatic rings. The average molecular weight is 348 g/mol. The first-order chi connectivity index (χ1) is 11.4. The fourth-order valence-electron chi connectivity index (χ4n) is 2.49. The zero-order valence-corrected chi connectivity index (χ0v) is 13.8. The maximum Gasteiger partial charge on any atom is 0.365 e. The van der Waals surface area contributed by atoms with Gasteiger partial charge >= 0.3 is 14.2 Å². The molecule has 124 valence electrons. The van der Waals surface area contributed by atoms with Gasteiger partial charge < -0.3 is 18.6 Å². The van der Waals surface area contributed by atoms with E-state index in [-0.39, 0.29) is 34.0 Å². The number of benzene rings is 2. The molecule has 3 rings (SSSR count). The first-order valence-electron chi connectivity index (χ1n) is 6.97. The van der Waals surface area contributed by atoms with E-state index in [0.29, 0.717) is 10.8 Å². The lowest BCUT2D eigenvalue weighted by Crippen LogP contribution is -2.02. The lowest BCUT2D eigenvalue weighted by Gasteiger charge is -2.12. The number of fused-ring (bicyclic) bond motifs is 2. The summed E-state index contributed by atoms with van der Waals surface area (Å²) in [7, 11) is -3.30. The van der Waals surface area contributed by atoms with Crippen LogP contribution in [0.25, 0.3) is 21.7 Å². The van der Waals surface area contributed by atoms with Gasteiger partial charge in [0.15, 0.2) is 22.9 Å². The van der Waals surface area contributed by atoms with Crippen LogP contribution >= 0.6 is 8.25 Å². The lowest BCUT2D eigenvalue weighted by molar-refractivity contribution is -0.131. The van der Waals surface area contributed by atoms with Crippen LogP contribution in [0.3, 0.4) is 0 Å². The van der Waals surface area contributed by atoms with Gasteiger partial charge in [0.1, 0.15) is 5.75 Å². The summed E-state index contributed by atoms with van der Waals surface area (Å²) in [5.74, 6) is -0.654. The van der Waals surface area contributed by atoms with Crippen LogP contribution in [0, 0.1) is 0 Å². The quantitative estimate of drug-likeness (QED) is 0.333. The fourth-order valence-corrected chi connectivity index (χ4v) is 2.89. The molecule has 0 aliphatic carbocycles. The van der Waals surface area contributed by atoms with E-state index in [9.17, 15) is 19.0 Å². The molecule has 1 heterocycles. The molecule has 1 atom stereocenters. The molecule has 7 nitrogen and oxygen atoms in total. The van der Waals surface area contributed by atoms with Crippen molar-refractivity contribution in [1.82, 2.24) is 0 Å². The summed E-state index contributed by atoms with van der Waals surface area (Å²) < 4.78 is 27.1. The average Bonchev–Trinajstić information content (AvgIpc) is 2.95. The number of carbonyl (C=O) groups excluding carboxylic acids is 2. The highest BCUT2D eigenvalue weighted by Crippen LogP contribution is 2.46. The molecule has 1 N–H and O–H groups in total. The molecule has 0 fully saturated rings. The van der Waals surface area contributed by atoms with Crippen molar-refractivity contribution < 1.29 is 32.7 Å². The zero-order chi connectivity index (χ0) is 17.4. The maximum atomic E-state index is 11.6. The molecule has 1 unspecified atom stereocenters. The molecule has 1 aromatic heterocycles. The topological polar surface area (TPSA) is 103 Å². The standard InChI is InChI=1S/C16H13O7P/c1-8(17)13-7-12-14(23-24(19)20)10-5-3-4-6-11(10)15(16(12)22-13)21-9(2)18/h3-7,24H,1-2H3,(H,19,20). The van der Waals surface area contributed by atoms with Gasteiger partial charge in [-0.2, -0.15) is 0 Å². The van der Waals surface area contributed by atoms with Crippen LogP contribution in [0.5, 0.6) is 11.5 Å². The van der Waals surface area contributed by atoms with E-state index in [1.165, 1.54) is 19.9 Å². The van der Waals surface area contributed by atoms with Gasteiger partial charge in [0, 0.05) is 24.6 Å². The van der Waals surface area contributed by atoms with E-state index in [4.69, 9.17) is 13.7 Å². The third kappa shape index (κ3) is 2.79. The van der Waals surface area contributed by atoms with E-state index < -0.39 is 14.2 Å². The van der Waals surface area contributed by atoms with E-state index >= 15 is 0 Å². The van der Waals surface area contributed by atoms with Crippen LogP contribution < -0.4 is 9.26 Å². The van der Waals surface area contributed by atoms with Crippen molar-refractivity contribution >= 4 is 41.7 Å². The predicted octanol–water partition coefficient (Wildman–Crippen LogP) is 3.47. The van der Waals surface area contributed by atoms with Crippen molar-refractivity contribution in [3.63, 3.8) is 0 Å². The second-order valence-electron chi connectivity index (χ2n) is 5.08. The Balaban J connectivity index is 2.48. The summed E-state index contributed by atoms with van der Waals surface area (Å²) in [6, 6.07) is 8.13. The van der Waals surface area contributed by atoms with Crippen LogP contribution in [-0.4, -0.2) is 16.6 Å². The molecule has 0 saturated heterocycles. The molecule has 0 radical (unpaired) electrons. The van der Waals surface area contributed by atoms with E-state index in [0.717, 1.165) is 0 Å². The number of carbonyl (C=O) groups is 2. The minimum absolute atomic E-state index is 0.0242. The molecule has 8 heteroatoms. The molecular weight excluding hydrogens is 335 g/mol. The van der Waals surface area contributed by atoms with Crippen LogP contribution in [0.1, 0.15) is 24.4 Å². The van der Waals surface area contributed by atoms with Crippen molar-refractivity contribution in [1.29, 1.82) is 0 Å². The highest BCUT2D eigenvalue weighted by molar-refractivity contribution is 7.32. The summed E-state index contributed by atoms with van der Waals surface area (Å²) in [4.78, 5) is 32.3. The van der Waals surface area contributed by atoms with Gasteiger partial charge in [-0.15, -0.1) is 0 Å². The Morgan fingerprint density at radius 1 is 1.08 bits per heavy atom. The van der Waals surface area contributed by atoms with Gasteiger partial charge in [0.25, 0.3) is 0 Å². The third-order valence-electron chi connectivity index (χ3n) is 3.38. The summed E-state index contributed by atoms with van der Waals surface area (Å²) in [6.45, 7) is 2.56. The van der Waals surface area contributed by atoms with Crippen LogP contribution in [0.2, 0.25) is 0 Å². The Kier molecular flexibility index (Phi) is 4.13. The van der Waals surface area contributed by atoms with Gasteiger partial charge in [-0.05, 0) is 6.07 Å². The Morgan fingerprint density at radius 2 is 1.71 bits per heavy atom. The number of Topliss-reactive ketones (excluding diaryl/α,β-unsaturated/α-hetero) is 1. The summed E-state index contributed by atoms with van der Waals surface area (Å²) in [5, 5.41) is 1.20. The molecule has 0 spiro atoms. The summed E-state index contributed by atoms with van der Waals surface area (Å²) >= 11 is 0. The highest BCUT2D eigenvalue weighted by Gasteiger charge is 2.23. The second kappa shape index (κ2) is 6.11. The minimum Gasteiger partial charge on any atom is -0.449 e. The molecule has 0 bridgehead atoms. The minimum atomic E-state index is -3.30. The summed E-state index contributed by atoms with van der Waals surface area (Å²) in [5.41, 5.74) is 0.104. The largest absolute Gasteiger partial charge is 0.449 e. The number of hydrogen-bond acceptors (Lipinski definition) is 6. The Hall–Kier alpha value is -2.63. The van der Waals surface area contributed by atoms with Crippen molar-refractivity contribution in [2.24, 2.45) is 0 Å². The maximum absolute atomic E-state index is 11.6. The SMILES string of the molecule is CC(=O)Oc1c2ccccc2c(O[PH](=O)O)c2cc(C(C)=O)oc12. The van der Waals surface area contributed by atoms with Gasteiger partial charge in [0.2, 0.25) is 0 Å². The zero-order valence-electron chi connectivity index (χ0n) is 12.8. The van der Waals surface area contributed by atoms with Crippen molar-refractivity contribution in [3.8, 4) is 11.5 Å². The van der Waals surface area contributed by atoms with Crippen molar-refractivity contribution in [2.45, 2.75) is 13.8 Å². The Bertz CT molecular complexity index is 930. The van der Waals surface area contributed by atoms with Gasteiger partial charge in [-0.1, -0.05) is 24.3 Å². The van der Waals surface area contributed by atoms with Gasteiger partial charge in [-0.3, -0.25) is 9.59 Å². The number of ether oxygens (including phenoxy) is 1. The molecule has 0 saturated carbocycles. The number of esters is 1. The predicted molar refractivity (Wildman–Crippen MR) is 86.9 cm³/mol. The van der Waals surface area contributed by atoms with E-state index in [1.807, 2.05) is 0 Å². The van der Waals surface area contributed by atoms with Crippen LogP contribution in [0.4, 0.5) is 0 Å². The number of furan rings is 1. The van der Waals surface area contributed by atoms with Crippen LogP contribution in [0.15, 0.2) is 34.7 Å². The first-order valence-corrected chi connectivity index (χ1v) is 8.23. The Labute approximate surface area is 136 Å². The molecule has 3 aromatic rings. The van der Waals surface area contributed by atoms with Crippen molar-refractivity contribution in [2.75, 3.05) is 0 Å². The van der Waals surface area contributed by atoms with Crippen LogP contribution in [-0.2, 0) is 9.36 Å². The molecule has 0 aliphatic heterocycles. The van der Waals surface area contributed by atoms with E-state index in [2.05, 4.69) is 0 Å². The lowest BCUT2D eigenvalue weighted by atomic mass is 10.1. The van der Waals surface area contributed by atoms with Crippen molar-refractivity contribution in [3.05, 3.63) is 36.1 Å². The van der Waals surface area contributed by atoms with E-state index in [1.54, 1.807) is 24.3 Å². The fraction of sp³-hybridized carbons (Fsp3) is 0.125. The number of ketones is 1. The third-order valence-corrected chi connectivity index (χ3v) is 3.76. The van der Waals surface area contributed by atoms with Gasteiger partial charge in [-0.25, -0.2) is 4.57 Å². The molecule has 2 aromatic carbocycles.